The highest BCUT2D eigenvalue weighted by molar-refractivity contribution is 5.55. The Balaban J connectivity index is 1.52. The summed E-state index contributed by atoms with van der Waals surface area (Å²) in [6.45, 7) is 16.5. The molecule has 0 aromatic heterocycles. The maximum absolute atomic E-state index is 4.12. The van der Waals surface area contributed by atoms with Crippen molar-refractivity contribution < 1.29 is 0 Å². The summed E-state index contributed by atoms with van der Waals surface area (Å²) in [6, 6.07) is 6.80. The molecule has 1 saturated heterocycles. The van der Waals surface area contributed by atoms with Gasteiger partial charge in [0, 0.05) is 38.4 Å². The predicted molar refractivity (Wildman–Crippen MR) is 105 cm³/mol. The highest BCUT2D eigenvalue weighted by atomic mass is 15.3. The number of nitrogens with zero attached hydrogens (tertiary/aromatic N) is 2. The zero-order valence-electron chi connectivity index (χ0n) is 15.6. The van der Waals surface area contributed by atoms with Crippen molar-refractivity contribution in [3.05, 3.63) is 53.1 Å². The fraction of sp³-hybridized carbons (Fsp3) is 0.545. The summed E-state index contributed by atoms with van der Waals surface area (Å²) in [7, 11) is 0. The molecule has 1 aliphatic heterocycles. The van der Waals surface area contributed by atoms with Gasteiger partial charge in [0.05, 0.1) is 0 Å². The van der Waals surface area contributed by atoms with Crippen molar-refractivity contribution in [1.82, 2.24) is 4.90 Å². The average molecular weight is 325 g/mol. The quantitative estimate of drug-likeness (QED) is 0.739. The Labute approximate surface area is 147 Å². The van der Waals surface area contributed by atoms with Crippen LogP contribution >= 0.6 is 0 Å². The molecule has 2 nitrogen and oxygen atoms in total. The van der Waals surface area contributed by atoms with E-state index in [9.17, 15) is 0 Å². The van der Waals surface area contributed by atoms with Gasteiger partial charge < -0.3 is 4.90 Å². The van der Waals surface area contributed by atoms with E-state index in [1.807, 2.05) is 0 Å². The Bertz CT molecular complexity index is 621. The van der Waals surface area contributed by atoms with Gasteiger partial charge in [0.25, 0.3) is 0 Å². The Morgan fingerprint density at radius 1 is 1.17 bits per heavy atom. The van der Waals surface area contributed by atoms with Gasteiger partial charge in [-0.3, -0.25) is 4.90 Å². The maximum atomic E-state index is 4.12. The molecule has 1 heterocycles. The second kappa shape index (κ2) is 7.57. The summed E-state index contributed by atoms with van der Waals surface area (Å²) in [5.74, 6) is 0.717. The first-order chi connectivity index (χ1) is 11.5. The molecule has 0 bridgehead atoms. The molecular formula is C22H32N2. The van der Waals surface area contributed by atoms with E-state index in [0.717, 1.165) is 19.0 Å². The minimum absolute atomic E-state index is 0.717. The fourth-order valence-electron chi connectivity index (χ4n) is 3.97. The van der Waals surface area contributed by atoms with Gasteiger partial charge in [-0.25, -0.2) is 0 Å². The normalized spacial score (nSPS) is 22.4. The highest BCUT2D eigenvalue weighted by Gasteiger charge is 2.21. The molecule has 1 fully saturated rings. The molecule has 1 atom stereocenters. The lowest BCUT2D eigenvalue weighted by Crippen LogP contribution is -2.47. The molecule has 0 saturated carbocycles. The van der Waals surface area contributed by atoms with E-state index in [1.165, 1.54) is 61.3 Å². The van der Waals surface area contributed by atoms with Crippen LogP contribution in [0.2, 0.25) is 0 Å². The molecule has 1 aliphatic carbocycles. The molecule has 0 amide bonds. The Morgan fingerprint density at radius 3 is 2.54 bits per heavy atom. The molecule has 2 heteroatoms. The lowest BCUT2D eigenvalue weighted by Gasteiger charge is -2.38. The van der Waals surface area contributed by atoms with E-state index >= 15 is 0 Å². The van der Waals surface area contributed by atoms with Crippen LogP contribution in [-0.2, 0) is 0 Å². The van der Waals surface area contributed by atoms with Gasteiger partial charge in [0.2, 0.25) is 0 Å². The van der Waals surface area contributed by atoms with Gasteiger partial charge >= 0.3 is 0 Å². The van der Waals surface area contributed by atoms with E-state index in [-0.39, 0.29) is 0 Å². The van der Waals surface area contributed by atoms with E-state index in [4.69, 9.17) is 0 Å². The van der Waals surface area contributed by atoms with Crippen LogP contribution in [0.4, 0.5) is 5.69 Å². The van der Waals surface area contributed by atoms with Crippen LogP contribution in [0.5, 0.6) is 0 Å². The average Bonchev–Trinajstić information content (AvgIpc) is 2.58. The monoisotopic (exact) mass is 324 g/mol. The zero-order chi connectivity index (χ0) is 17.1. The number of aryl methyl sites for hydroxylation is 2. The van der Waals surface area contributed by atoms with E-state index < -0.39 is 0 Å². The second-order valence-electron chi connectivity index (χ2n) is 7.73. The Hall–Kier alpha value is -1.54. The first-order valence-electron chi connectivity index (χ1n) is 9.41. The summed E-state index contributed by atoms with van der Waals surface area (Å²) in [5, 5.41) is 0. The van der Waals surface area contributed by atoms with E-state index in [2.05, 4.69) is 61.4 Å². The third-order valence-electron chi connectivity index (χ3n) is 5.71. The molecule has 3 rings (SSSR count). The summed E-state index contributed by atoms with van der Waals surface area (Å²) in [6.07, 6.45) is 6.24. The SMILES string of the molecule is C=C(C)[C@@H]1CC=C(CN2CCN(c3cc(C)ccc3C)CC2)CC1. The second-order valence-corrected chi connectivity index (χ2v) is 7.73. The minimum atomic E-state index is 0.717. The third kappa shape index (κ3) is 4.10. The lowest BCUT2D eigenvalue weighted by atomic mass is 9.85. The number of hydrogen-bond acceptors (Lipinski definition) is 2. The summed E-state index contributed by atoms with van der Waals surface area (Å²) in [4.78, 5) is 5.19. The number of piperazine rings is 1. The van der Waals surface area contributed by atoms with Gasteiger partial charge in [-0.2, -0.15) is 0 Å². The topological polar surface area (TPSA) is 6.48 Å². The van der Waals surface area contributed by atoms with Gasteiger partial charge in [0.15, 0.2) is 0 Å². The molecule has 130 valence electrons. The zero-order valence-corrected chi connectivity index (χ0v) is 15.6. The molecular weight excluding hydrogens is 292 g/mol. The highest BCUT2D eigenvalue weighted by Crippen LogP contribution is 2.29. The van der Waals surface area contributed by atoms with Crippen molar-refractivity contribution in [3.63, 3.8) is 0 Å². The van der Waals surface area contributed by atoms with Crippen LogP contribution in [-0.4, -0.2) is 37.6 Å². The van der Waals surface area contributed by atoms with E-state index in [0.29, 0.717) is 0 Å². The van der Waals surface area contributed by atoms with Crippen LogP contribution in [0, 0.1) is 19.8 Å². The summed E-state index contributed by atoms with van der Waals surface area (Å²) < 4.78 is 0. The standard InChI is InChI=1S/C22H32N2/c1-17(2)21-9-7-20(8-10-21)16-23-11-13-24(14-12-23)22-15-18(3)5-6-19(22)4/h5-7,15,21H,1,8-14,16H2,2-4H3/t21-/m1/s1. The van der Waals surface area contributed by atoms with Gasteiger partial charge in [-0.15, -0.1) is 0 Å². The maximum Gasteiger partial charge on any atom is 0.0399 e. The molecule has 24 heavy (non-hydrogen) atoms. The Morgan fingerprint density at radius 2 is 1.92 bits per heavy atom. The van der Waals surface area contributed by atoms with Crippen LogP contribution < -0.4 is 4.90 Å². The summed E-state index contributed by atoms with van der Waals surface area (Å²) >= 11 is 0. The van der Waals surface area contributed by atoms with Gasteiger partial charge in [0.1, 0.15) is 0 Å². The van der Waals surface area contributed by atoms with Crippen molar-refractivity contribution in [3.8, 4) is 0 Å². The van der Waals surface area contributed by atoms with Crippen molar-refractivity contribution >= 4 is 5.69 Å². The molecule has 1 aromatic carbocycles. The number of benzene rings is 1. The first kappa shape index (κ1) is 17.3. The molecule has 2 aliphatic rings. The summed E-state index contributed by atoms with van der Waals surface area (Å²) in [5.41, 5.74) is 7.18. The van der Waals surface area contributed by atoms with Crippen molar-refractivity contribution in [1.29, 1.82) is 0 Å². The van der Waals surface area contributed by atoms with Crippen LogP contribution in [0.15, 0.2) is 42.0 Å². The number of rotatable bonds is 4. The molecule has 0 radical (unpaired) electrons. The van der Waals surface area contributed by atoms with Crippen LogP contribution in [0.3, 0.4) is 0 Å². The van der Waals surface area contributed by atoms with Crippen LogP contribution in [0.1, 0.15) is 37.3 Å². The number of hydrogen-bond donors (Lipinski definition) is 0. The smallest absolute Gasteiger partial charge is 0.0399 e. The fourth-order valence-corrected chi connectivity index (χ4v) is 3.97. The lowest BCUT2D eigenvalue weighted by molar-refractivity contribution is 0.273. The van der Waals surface area contributed by atoms with E-state index in [1.54, 1.807) is 5.57 Å². The number of anilines is 1. The third-order valence-corrected chi connectivity index (χ3v) is 5.71. The molecule has 0 unspecified atom stereocenters. The molecule has 1 aromatic rings. The first-order valence-corrected chi connectivity index (χ1v) is 9.41. The molecule has 0 N–H and O–H groups in total. The predicted octanol–water partition coefficient (Wildman–Crippen LogP) is 4.73. The Kier molecular flexibility index (Phi) is 5.45. The number of allylic oxidation sites excluding steroid dienone is 2. The largest absolute Gasteiger partial charge is 0.369 e. The van der Waals surface area contributed by atoms with Gasteiger partial charge in [-0.05, 0) is 63.1 Å². The van der Waals surface area contributed by atoms with Crippen LogP contribution in [0.25, 0.3) is 0 Å². The minimum Gasteiger partial charge on any atom is -0.369 e. The van der Waals surface area contributed by atoms with Gasteiger partial charge in [-0.1, -0.05) is 35.9 Å². The van der Waals surface area contributed by atoms with Crippen molar-refractivity contribution in [2.75, 3.05) is 37.6 Å². The van der Waals surface area contributed by atoms with Crippen molar-refractivity contribution in [2.24, 2.45) is 5.92 Å². The molecule has 0 spiro atoms. The van der Waals surface area contributed by atoms with Crippen molar-refractivity contribution in [2.45, 2.75) is 40.0 Å².